The van der Waals surface area contributed by atoms with Gasteiger partial charge in [-0.25, -0.2) is 4.98 Å². The molecule has 17 heavy (non-hydrogen) atoms. The lowest BCUT2D eigenvalue weighted by Crippen LogP contribution is -2.54. The topological polar surface area (TPSA) is 33.1 Å². The van der Waals surface area contributed by atoms with Crippen molar-refractivity contribution in [2.24, 2.45) is 0 Å². The van der Waals surface area contributed by atoms with Crippen LogP contribution in [0.15, 0.2) is 18.3 Å². The van der Waals surface area contributed by atoms with Crippen molar-refractivity contribution in [3.8, 4) is 0 Å². The second-order valence-electron chi connectivity index (χ2n) is 3.05. The smallest absolute Gasteiger partial charge is 0.369 e. The Morgan fingerprint density at radius 2 is 1.53 bits per heavy atom. The Morgan fingerprint density at radius 1 is 1.06 bits per heavy atom. The van der Waals surface area contributed by atoms with Crippen LogP contribution in [0, 0.1) is 0 Å². The average Bonchev–Trinajstić information content (AvgIpc) is 2.13. The van der Waals surface area contributed by atoms with Crippen LogP contribution in [-0.4, -0.2) is 22.4 Å². The average molecular weight is 280 g/mol. The number of aliphatic hydroxyl groups is 1. The van der Waals surface area contributed by atoms with Gasteiger partial charge in [-0.2, -0.15) is 26.3 Å². The SMILES string of the molecule is OC(c1cccnc1Cl)(C(F)(F)F)C(F)(F)F. The number of hydrogen-bond acceptors (Lipinski definition) is 2. The number of aromatic nitrogens is 1. The maximum Gasteiger partial charge on any atom is 0.430 e. The molecule has 0 saturated heterocycles. The summed E-state index contributed by atoms with van der Waals surface area (Å²) in [5, 5.41) is 7.90. The highest BCUT2D eigenvalue weighted by Crippen LogP contribution is 2.51. The third kappa shape index (κ3) is 2.19. The fraction of sp³-hybridized carbons (Fsp3) is 0.375. The van der Waals surface area contributed by atoms with Gasteiger partial charge in [0.2, 0.25) is 0 Å². The largest absolute Gasteiger partial charge is 0.430 e. The molecular weight excluding hydrogens is 276 g/mol. The molecule has 9 heteroatoms. The normalized spacial score (nSPS) is 13.9. The van der Waals surface area contributed by atoms with E-state index < -0.39 is 28.7 Å². The molecular formula is C8H4ClF6NO. The molecule has 1 aromatic heterocycles. The van der Waals surface area contributed by atoms with Crippen molar-refractivity contribution in [1.82, 2.24) is 4.98 Å². The van der Waals surface area contributed by atoms with Crippen LogP contribution in [0.4, 0.5) is 26.3 Å². The molecule has 1 aromatic rings. The van der Waals surface area contributed by atoms with Gasteiger partial charge in [0, 0.05) is 11.8 Å². The van der Waals surface area contributed by atoms with E-state index in [1.54, 1.807) is 0 Å². The van der Waals surface area contributed by atoms with Gasteiger partial charge in [-0.3, -0.25) is 0 Å². The molecule has 0 saturated carbocycles. The number of pyridine rings is 1. The molecule has 0 aliphatic heterocycles. The third-order valence-electron chi connectivity index (χ3n) is 1.97. The fourth-order valence-electron chi connectivity index (χ4n) is 1.12. The van der Waals surface area contributed by atoms with Gasteiger partial charge in [0.15, 0.2) is 0 Å². The highest BCUT2D eigenvalue weighted by Gasteiger charge is 2.72. The second kappa shape index (κ2) is 4.02. The maximum absolute atomic E-state index is 12.4. The Balaban J connectivity index is 3.53. The minimum absolute atomic E-state index is 0.413. The van der Waals surface area contributed by atoms with Crippen molar-refractivity contribution >= 4 is 11.6 Å². The van der Waals surface area contributed by atoms with Gasteiger partial charge in [-0.05, 0) is 6.07 Å². The molecule has 0 bridgehead atoms. The summed E-state index contributed by atoms with van der Waals surface area (Å²) in [6.45, 7) is 0. The van der Waals surface area contributed by atoms with E-state index in [9.17, 15) is 26.3 Å². The lowest BCUT2D eigenvalue weighted by atomic mass is 9.94. The molecule has 1 rings (SSSR count). The fourth-order valence-corrected chi connectivity index (χ4v) is 1.38. The summed E-state index contributed by atoms with van der Waals surface area (Å²) < 4.78 is 74.5. The summed E-state index contributed by atoms with van der Waals surface area (Å²) in [5.41, 5.74) is -6.59. The second-order valence-corrected chi connectivity index (χ2v) is 3.41. The van der Waals surface area contributed by atoms with Crippen LogP contribution in [0.3, 0.4) is 0 Å². The molecule has 0 unspecified atom stereocenters. The van der Waals surface area contributed by atoms with Crippen molar-refractivity contribution in [2.75, 3.05) is 0 Å². The van der Waals surface area contributed by atoms with Crippen LogP contribution < -0.4 is 0 Å². The van der Waals surface area contributed by atoms with Crippen molar-refractivity contribution < 1.29 is 31.4 Å². The summed E-state index contributed by atoms with van der Waals surface area (Å²) in [6.07, 6.45) is -11.0. The van der Waals surface area contributed by atoms with E-state index in [4.69, 9.17) is 16.7 Å². The zero-order valence-corrected chi connectivity index (χ0v) is 8.53. The molecule has 0 aromatic carbocycles. The first kappa shape index (κ1) is 14.0. The molecule has 0 spiro atoms. The van der Waals surface area contributed by atoms with E-state index >= 15 is 0 Å². The highest BCUT2D eigenvalue weighted by molar-refractivity contribution is 6.30. The minimum Gasteiger partial charge on any atom is -0.369 e. The summed E-state index contributed by atoms with van der Waals surface area (Å²) >= 11 is 5.15. The van der Waals surface area contributed by atoms with Crippen molar-refractivity contribution in [2.45, 2.75) is 18.0 Å². The number of rotatable bonds is 1. The van der Waals surface area contributed by atoms with Crippen LogP contribution in [0.5, 0.6) is 0 Å². The van der Waals surface area contributed by atoms with E-state index in [0.29, 0.717) is 6.07 Å². The summed E-state index contributed by atoms with van der Waals surface area (Å²) in [4.78, 5) is 3.08. The molecule has 96 valence electrons. The number of nitrogens with zero attached hydrogens (tertiary/aromatic N) is 1. The Labute approximate surface area is 95.8 Å². The van der Waals surface area contributed by atoms with E-state index in [2.05, 4.69) is 4.98 Å². The van der Waals surface area contributed by atoms with Gasteiger partial charge in [0.1, 0.15) is 5.15 Å². The maximum atomic E-state index is 12.4. The first-order valence-electron chi connectivity index (χ1n) is 3.98. The van der Waals surface area contributed by atoms with Crippen molar-refractivity contribution in [1.29, 1.82) is 0 Å². The lowest BCUT2D eigenvalue weighted by molar-refractivity contribution is -0.376. The lowest BCUT2D eigenvalue weighted by Gasteiger charge is -2.32. The number of hydrogen-bond donors (Lipinski definition) is 1. The van der Waals surface area contributed by atoms with Crippen LogP contribution in [0.25, 0.3) is 0 Å². The zero-order valence-electron chi connectivity index (χ0n) is 7.77. The summed E-state index contributed by atoms with van der Waals surface area (Å²) in [7, 11) is 0. The Morgan fingerprint density at radius 3 is 1.88 bits per heavy atom. The monoisotopic (exact) mass is 279 g/mol. The summed E-state index contributed by atoms with van der Waals surface area (Å²) in [6, 6.07) is 1.22. The van der Waals surface area contributed by atoms with Crippen LogP contribution in [0.2, 0.25) is 5.15 Å². The molecule has 2 nitrogen and oxygen atoms in total. The van der Waals surface area contributed by atoms with E-state index in [1.807, 2.05) is 0 Å². The predicted octanol–water partition coefficient (Wildman–Crippen LogP) is 3.05. The molecule has 1 N–H and O–H groups in total. The highest BCUT2D eigenvalue weighted by atomic mass is 35.5. The Bertz CT molecular complexity index is 401. The molecule has 0 amide bonds. The first-order valence-corrected chi connectivity index (χ1v) is 4.36. The van der Waals surface area contributed by atoms with Gasteiger partial charge in [-0.1, -0.05) is 17.7 Å². The van der Waals surface area contributed by atoms with Crippen molar-refractivity contribution in [3.05, 3.63) is 29.0 Å². The summed E-state index contributed by atoms with van der Waals surface area (Å²) in [5.74, 6) is 0. The molecule has 0 fully saturated rings. The Hall–Kier alpha value is -1.02. The van der Waals surface area contributed by atoms with Crippen LogP contribution >= 0.6 is 11.6 Å². The number of alkyl halides is 6. The predicted molar refractivity (Wildman–Crippen MR) is 45.3 cm³/mol. The first-order chi connectivity index (χ1) is 7.52. The molecule has 1 heterocycles. The quantitative estimate of drug-likeness (QED) is 0.633. The molecule has 0 atom stereocenters. The minimum atomic E-state index is -5.96. The third-order valence-corrected chi connectivity index (χ3v) is 2.27. The molecule has 0 radical (unpaired) electrons. The van der Waals surface area contributed by atoms with E-state index in [1.165, 1.54) is 0 Å². The van der Waals surface area contributed by atoms with Gasteiger partial charge in [-0.15, -0.1) is 0 Å². The van der Waals surface area contributed by atoms with Crippen molar-refractivity contribution in [3.63, 3.8) is 0 Å². The van der Waals surface area contributed by atoms with Gasteiger partial charge in [0.05, 0.1) is 0 Å². The molecule has 0 aliphatic carbocycles. The zero-order chi connectivity index (χ0) is 13.5. The van der Waals surface area contributed by atoms with Gasteiger partial charge < -0.3 is 5.11 Å². The van der Waals surface area contributed by atoms with Gasteiger partial charge >= 0.3 is 12.4 Å². The van der Waals surface area contributed by atoms with E-state index in [0.717, 1.165) is 12.3 Å². The number of halogens is 7. The standard InChI is InChI=1S/C8H4ClF6NO/c9-5-4(2-1-3-16-5)6(17,7(10,11)12)8(13,14)15/h1-3,17H. The van der Waals surface area contributed by atoms with Crippen LogP contribution in [0.1, 0.15) is 5.56 Å². The van der Waals surface area contributed by atoms with Crippen LogP contribution in [-0.2, 0) is 5.60 Å². The molecule has 0 aliphatic rings. The Kier molecular flexibility index (Phi) is 3.32. The van der Waals surface area contributed by atoms with E-state index in [-0.39, 0.29) is 0 Å². The van der Waals surface area contributed by atoms with Gasteiger partial charge in [0.25, 0.3) is 5.60 Å².